The Morgan fingerprint density at radius 1 is 1.20 bits per heavy atom. The van der Waals surface area contributed by atoms with Gasteiger partial charge in [-0.2, -0.15) is 8.78 Å². The molecule has 7 heteroatoms. The lowest BCUT2D eigenvalue weighted by molar-refractivity contribution is -0.0504. The summed E-state index contributed by atoms with van der Waals surface area (Å²) in [7, 11) is 0. The van der Waals surface area contributed by atoms with Crippen LogP contribution >= 0.6 is 0 Å². The zero-order valence-corrected chi connectivity index (χ0v) is 13.3. The number of benzene rings is 1. The van der Waals surface area contributed by atoms with E-state index < -0.39 is 29.6 Å². The van der Waals surface area contributed by atoms with Gasteiger partial charge in [0.15, 0.2) is 11.6 Å². The maximum atomic E-state index is 14.4. The van der Waals surface area contributed by atoms with E-state index in [2.05, 4.69) is 10.2 Å². The van der Waals surface area contributed by atoms with Crippen LogP contribution in [0, 0.1) is 17.6 Å². The van der Waals surface area contributed by atoms with E-state index in [4.69, 9.17) is 4.84 Å². The van der Waals surface area contributed by atoms with Crippen LogP contribution in [0.25, 0.3) is 5.70 Å². The van der Waals surface area contributed by atoms with E-state index in [1.807, 2.05) is 6.08 Å². The Hall–Kier alpha value is -2.28. The van der Waals surface area contributed by atoms with Gasteiger partial charge in [-0.25, -0.2) is 8.78 Å². The van der Waals surface area contributed by atoms with Gasteiger partial charge in [-0.1, -0.05) is 24.3 Å². The topological polar surface area (TPSA) is 30.5 Å². The molecule has 2 aliphatic rings. The summed E-state index contributed by atoms with van der Waals surface area (Å²) in [5, 5.41) is 0. The van der Waals surface area contributed by atoms with Gasteiger partial charge in [-0.3, -0.25) is 10.3 Å². The van der Waals surface area contributed by atoms with Crippen LogP contribution in [0.3, 0.4) is 0 Å². The predicted molar refractivity (Wildman–Crippen MR) is 84.6 cm³/mol. The highest BCUT2D eigenvalue weighted by Crippen LogP contribution is 2.34. The Labute approximate surface area is 142 Å². The smallest absolute Gasteiger partial charge is 0.387 e. The summed E-state index contributed by atoms with van der Waals surface area (Å²) in [6, 6.07) is 1.73. The molecule has 1 N–H and O–H groups in total. The summed E-state index contributed by atoms with van der Waals surface area (Å²) in [6.07, 6.45) is 9.50. The lowest BCUT2D eigenvalue weighted by Gasteiger charge is -2.19. The SMILES string of the molecule is Fc1ccc(OC(F)F)c(C(NOCC2CC2)=C2C=CC=CC2)c1F. The third-order valence-corrected chi connectivity index (χ3v) is 3.92. The lowest BCUT2D eigenvalue weighted by Crippen LogP contribution is -2.19. The molecule has 1 fully saturated rings. The van der Waals surface area contributed by atoms with Crippen LogP contribution in [0.2, 0.25) is 0 Å². The van der Waals surface area contributed by atoms with Gasteiger partial charge in [0, 0.05) is 0 Å². The summed E-state index contributed by atoms with van der Waals surface area (Å²) < 4.78 is 57.9. The first-order valence-electron chi connectivity index (χ1n) is 7.93. The van der Waals surface area contributed by atoms with Crippen LogP contribution in [0.15, 0.2) is 42.0 Å². The molecule has 3 nitrogen and oxygen atoms in total. The summed E-state index contributed by atoms with van der Waals surface area (Å²) >= 11 is 0. The molecule has 1 saturated carbocycles. The van der Waals surface area contributed by atoms with Crippen molar-refractivity contribution in [3.05, 3.63) is 59.2 Å². The fourth-order valence-electron chi connectivity index (χ4n) is 2.45. The van der Waals surface area contributed by atoms with E-state index >= 15 is 0 Å². The number of allylic oxidation sites excluding steroid dienone is 5. The normalized spacial score (nSPS) is 18.6. The van der Waals surface area contributed by atoms with E-state index in [1.54, 1.807) is 18.2 Å². The second-order valence-electron chi connectivity index (χ2n) is 5.86. The lowest BCUT2D eigenvalue weighted by atomic mass is 9.99. The number of nitrogens with one attached hydrogen (secondary N) is 1. The first kappa shape index (κ1) is 17.5. The van der Waals surface area contributed by atoms with Crippen LogP contribution in [0.4, 0.5) is 17.6 Å². The van der Waals surface area contributed by atoms with E-state index in [1.165, 1.54) is 0 Å². The van der Waals surface area contributed by atoms with Crippen LogP contribution in [0.1, 0.15) is 24.8 Å². The van der Waals surface area contributed by atoms with E-state index in [0.717, 1.165) is 25.0 Å². The van der Waals surface area contributed by atoms with Crippen molar-refractivity contribution >= 4 is 5.70 Å². The van der Waals surface area contributed by atoms with Gasteiger partial charge in [0.1, 0.15) is 5.75 Å². The van der Waals surface area contributed by atoms with Crippen LogP contribution < -0.4 is 10.2 Å². The molecule has 0 spiro atoms. The van der Waals surface area contributed by atoms with Crippen molar-refractivity contribution in [2.45, 2.75) is 25.9 Å². The predicted octanol–water partition coefficient (Wildman–Crippen LogP) is 4.72. The fourth-order valence-corrected chi connectivity index (χ4v) is 2.45. The highest BCUT2D eigenvalue weighted by molar-refractivity contribution is 5.74. The minimum absolute atomic E-state index is 0.0777. The zero-order valence-electron chi connectivity index (χ0n) is 13.3. The Morgan fingerprint density at radius 3 is 2.64 bits per heavy atom. The van der Waals surface area contributed by atoms with Crippen LogP contribution in [0.5, 0.6) is 5.75 Å². The highest BCUT2D eigenvalue weighted by atomic mass is 19.3. The van der Waals surface area contributed by atoms with Gasteiger partial charge in [0.25, 0.3) is 0 Å². The van der Waals surface area contributed by atoms with Crippen molar-refractivity contribution in [3.63, 3.8) is 0 Å². The maximum Gasteiger partial charge on any atom is 0.387 e. The Balaban J connectivity index is 2.00. The zero-order chi connectivity index (χ0) is 17.8. The van der Waals surface area contributed by atoms with Crippen molar-refractivity contribution in [1.29, 1.82) is 0 Å². The molecule has 0 atom stereocenters. The summed E-state index contributed by atoms with van der Waals surface area (Å²) in [5.74, 6) is -2.46. The largest absolute Gasteiger partial charge is 0.434 e. The number of ether oxygens (including phenoxy) is 1. The molecule has 2 aliphatic carbocycles. The second kappa shape index (κ2) is 7.74. The molecule has 0 heterocycles. The van der Waals surface area contributed by atoms with Gasteiger partial charge in [0.2, 0.25) is 0 Å². The number of hydrogen-bond donors (Lipinski definition) is 1. The first-order valence-corrected chi connectivity index (χ1v) is 7.93. The maximum absolute atomic E-state index is 14.4. The molecular formula is C18H17F4NO2. The molecule has 0 amide bonds. The van der Waals surface area contributed by atoms with Crippen molar-refractivity contribution in [1.82, 2.24) is 5.48 Å². The number of halogens is 4. The molecule has 0 aliphatic heterocycles. The standard InChI is InChI=1S/C18H17F4NO2/c19-13-8-9-14(25-18(21)22)15(16(13)20)17(12-4-2-1-3-5-12)23-24-10-11-6-7-11/h1-4,8-9,11,18,23H,5-7,10H2. The van der Waals surface area contributed by atoms with Gasteiger partial charge in [-0.15, -0.1) is 0 Å². The van der Waals surface area contributed by atoms with Crippen LogP contribution in [-0.2, 0) is 4.84 Å². The minimum Gasteiger partial charge on any atom is -0.434 e. The van der Waals surface area contributed by atoms with Gasteiger partial charge >= 0.3 is 6.61 Å². The first-order chi connectivity index (χ1) is 12.1. The van der Waals surface area contributed by atoms with Crippen molar-refractivity contribution in [3.8, 4) is 5.75 Å². The molecule has 25 heavy (non-hydrogen) atoms. The fraction of sp³-hybridized carbons (Fsp3) is 0.333. The van der Waals surface area contributed by atoms with Gasteiger partial charge in [-0.05, 0) is 42.9 Å². The van der Waals surface area contributed by atoms with Gasteiger partial charge in [0.05, 0.1) is 17.9 Å². The Bertz CT molecular complexity index is 724. The quantitative estimate of drug-likeness (QED) is 0.567. The molecule has 0 radical (unpaired) electrons. The average molecular weight is 355 g/mol. The number of hydrogen-bond acceptors (Lipinski definition) is 3. The van der Waals surface area contributed by atoms with Gasteiger partial charge < -0.3 is 4.74 Å². The average Bonchev–Trinajstić information content (AvgIpc) is 3.41. The molecule has 1 aromatic carbocycles. The number of hydroxylamine groups is 1. The molecule has 1 aromatic rings. The third-order valence-electron chi connectivity index (χ3n) is 3.92. The van der Waals surface area contributed by atoms with E-state index in [9.17, 15) is 17.6 Å². The Kier molecular flexibility index (Phi) is 5.43. The summed E-state index contributed by atoms with van der Waals surface area (Å²) in [4.78, 5) is 5.38. The van der Waals surface area contributed by atoms with E-state index in [-0.39, 0.29) is 5.70 Å². The Morgan fingerprint density at radius 2 is 2.00 bits per heavy atom. The van der Waals surface area contributed by atoms with E-state index in [0.29, 0.717) is 24.5 Å². The monoisotopic (exact) mass is 355 g/mol. The van der Waals surface area contributed by atoms with Crippen molar-refractivity contribution in [2.75, 3.05) is 6.61 Å². The highest BCUT2D eigenvalue weighted by Gasteiger charge is 2.25. The third kappa shape index (κ3) is 4.42. The molecular weight excluding hydrogens is 338 g/mol. The second-order valence-corrected chi connectivity index (χ2v) is 5.86. The summed E-state index contributed by atoms with van der Waals surface area (Å²) in [5.41, 5.74) is 2.86. The van der Waals surface area contributed by atoms with Crippen molar-refractivity contribution in [2.24, 2.45) is 5.92 Å². The van der Waals surface area contributed by atoms with Crippen molar-refractivity contribution < 1.29 is 27.1 Å². The van der Waals surface area contributed by atoms with Crippen LogP contribution in [-0.4, -0.2) is 13.2 Å². The number of rotatable bonds is 7. The molecule has 134 valence electrons. The minimum atomic E-state index is -3.16. The molecule has 0 bridgehead atoms. The summed E-state index contributed by atoms with van der Waals surface area (Å²) in [6.45, 7) is -2.76. The molecule has 0 saturated heterocycles. The number of alkyl halides is 2. The molecule has 3 rings (SSSR count). The molecule has 0 aromatic heterocycles. The molecule has 0 unspecified atom stereocenters.